The number of hydrogen-bond donors (Lipinski definition) is 0. The van der Waals surface area contributed by atoms with E-state index in [0.717, 1.165) is 6.04 Å². The van der Waals surface area contributed by atoms with Gasteiger partial charge in [0.25, 0.3) is 0 Å². The van der Waals surface area contributed by atoms with Crippen LogP contribution in [-0.4, -0.2) is 17.5 Å². The highest BCUT2D eigenvalue weighted by atomic mass is 15.2. The average molecular weight is 110 g/mol. The monoisotopic (exact) mass is 110 g/mol. The molecule has 1 saturated heterocycles. The Morgan fingerprint density at radius 1 is 1.38 bits per heavy atom. The quantitative estimate of drug-likeness (QED) is 0.493. The van der Waals surface area contributed by atoms with Crippen molar-refractivity contribution < 1.29 is 0 Å². The minimum absolute atomic E-state index is 0.970. The summed E-state index contributed by atoms with van der Waals surface area (Å²) >= 11 is 0. The highest BCUT2D eigenvalue weighted by molar-refractivity contribution is 4.91. The van der Waals surface area contributed by atoms with Gasteiger partial charge in [-0.05, 0) is 32.2 Å². The first-order valence-electron chi connectivity index (χ1n) is 3.56. The van der Waals surface area contributed by atoms with Crippen molar-refractivity contribution in [1.29, 1.82) is 0 Å². The molecule has 1 saturated carbocycles. The molecule has 0 amide bonds. The fourth-order valence-corrected chi connectivity index (χ4v) is 1.36. The van der Waals surface area contributed by atoms with Crippen LogP contribution in [0.5, 0.6) is 0 Å². The Morgan fingerprint density at radius 2 is 2.25 bits per heavy atom. The number of likely N-dealkylation sites (tertiary alicyclic amines) is 1. The van der Waals surface area contributed by atoms with Gasteiger partial charge in [-0.15, -0.1) is 0 Å². The molecule has 1 aliphatic heterocycles. The Bertz CT molecular complexity index is 80.4. The Hall–Kier alpha value is -0.0400. The molecule has 8 heavy (non-hydrogen) atoms. The van der Waals surface area contributed by atoms with Crippen molar-refractivity contribution in [3.8, 4) is 0 Å². The second kappa shape index (κ2) is 1.73. The van der Waals surface area contributed by atoms with Crippen LogP contribution in [0.25, 0.3) is 0 Å². The van der Waals surface area contributed by atoms with Crippen LogP contribution in [0.2, 0.25) is 0 Å². The predicted octanol–water partition coefficient (Wildman–Crippen LogP) is 1.41. The summed E-state index contributed by atoms with van der Waals surface area (Å²) in [7, 11) is 0. The minimum Gasteiger partial charge on any atom is -0.296 e. The van der Waals surface area contributed by atoms with Crippen LogP contribution in [0.3, 0.4) is 0 Å². The van der Waals surface area contributed by atoms with Crippen LogP contribution in [0.1, 0.15) is 25.7 Å². The molecule has 2 aliphatic rings. The summed E-state index contributed by atoms with van der Waals surface area (Å²) in [5, 5.41) is 0. The lowest BCUT2D eigenvalue weighted by molar-refractivity contribution is 0.376. The molecule has 0 unspecified atom stereocenters. The van der Waals surface area contributed by atoms with Gasteiger partial charge in [0, 0.05) is 12.6 Å². The van der Waals surface area contributed by atoms with Crippen LogP contribution < -0.4 is 0 Å². The van der Waals surface area contributed by atoms with Gasteiger partial charge in [0.2, 0.25) is 0 Å². The van der Waals surface area contributed by atoms with Gasteiger partial charge in [-0.25, -0.2) is 0 Å². The van der Waals surface area contributed by atoms with Crippen LogP contribution in [-0.2, 0) is 0 Å². The molecule has 0 bridgehead atoms. The van der Waals surface area contributed by atoms with Crippen LogP contribution >= 0.6 is 0 Å². The van der Waals surface area contributed by atoms with Gasteiger partial charge in [-0.1, -0.05) is 0 Å². The molecule has 2 rings (SSSR count). The summed E-state index contributed by atoms with van der Waals surface area (Å²) in [5.41, 5.74) is 0. The van der Waals surface area contributed by atoms with E-state index >= 15 is 0 Å². The van der Waals surface area contributed by atoms with E-state index in [1.807, 2.05) is 0 Å². The van der Waals surface area contributed by atoms with Gasteiger partial charge in [0.15, 0.2) is 0 Å². The summed E-state index contributed by atoms with van der Waals surface area (Å²) < 4.78 is 0. The summed E-state index contributed by atoms with van der Waals surface area (Å²) in [4.78, 5) is 2.51. The highest BCUT2D eigenvalue weighted by Crippen LogP contribution is 2.31. The van der Waals surface area contributed by atoms with Crippen molar-refractivity contribution in [3.05, 3.63) is 6.54 Å². The molecule has 1 heterocycles. The Kier molecular flexibility index (Phi) is 1.04. The molecule has 0 N–H and O–H groups in total. The molecule has 45 valence electrons. The summed E-state index contributed by atoms with van der Waals surface area (Å²) in [6.45, 7) is 3.71. The third-order valence-corrected chi connectivity index (χ3v) is 2.00. The maximum atomic E-state index is 2.51. The van der Waals surface area contributed by atoms with Gasteiger partial charge >= 0.3 is 0 Å². The molecular formula is C7H12N. The van der Waals surface area contributed by atoms with E-state index in [2.05, 4.69) is 11.4 Å². The van der Waals surface area contributed by atoms with Gasteiger partial charge in [-0.2, -0.15) is 0 Å². The highest BCUT2D eigenvalue weighted by Gasteiger charge is 2.30. The van der Waals surface area contributed by atoms with E-state index < -0.39 is 0 Å². The maximum Gasteiger partial charge on any atom is 0.0255 e. The molecule has 0 spiro atoms. The zero-order chi connectivity index (χ0) is 5.40. The fraction of sp³-hybridized carbons (Fsp3) is 0.857. The molecule has 2 fully saturated rings. The second-order valence-electron chi connectivity index (χ2n) is 2.79. The standard InChI is InChI=1S/C7H12N/c1-2-6-8(5-1)7-3-4-7/h5,7H,1-4,6H2. The number of rotatable bonds is 1. The first-order valence-corrected chi connectivity index (χ1v) is 3.56. The molecular weight excluding hydrogens is 98.1 g/mol. The number of hydrogen-bond acceptors (Lipinski definition) is 1. The second-order valence-corrected chi connectivity index (χ2v) is 2.79. The summed E-state index contributed by atoms with van der Waals surface area (Å²) in [6.07, 6.45) is 5.64. The van der Waals surface area contributed by atoms with E-state index in [4.69, 9.17) is 0 Å². The molecule has 1 radical (unpaired) electrons. The van der Waals surface area contributed by atoms with Crippen molar-refractivity contribution in [3.63, 3.8) is 0 Å². The smallest absolute Gasteiger partial charge is 0.0255 e. The van der Waals surface area contributed by atoms with Crippen molar-refractivity contribution >= 4 is 0 Å². The largest absolute Gasteiger partial charge is 0.296 e. The molecule has 1 heteroatoms. The van der Waals surface area contributed by atoms with Crippen LogP contribution in [0, 0.1) is 6.54 Å². The Morgan fingerprint density at radius 3 is 2.75 bits per heavy atom. The topological polar surface area (TPSA) is 3.24 Å². The number of nitrogens with zero attached hydrogens (tertiary/aromatic N) is 1. The third kappa shape index (κ3) is 0.752. The van der Waals surface area contributed by atoms with Crippen molar-refractivity contribution in [2.45, 2.75) is 31.7 Å². The van der Waals surface area contributed by atoms with Crippen molar-refractivity contribution in [2.24, 2.45) is 0 Å². The lowest BCUT2D eigenvalue weighted by atomic mass is 10.4. The summed E-state index contributed by atoms with van der Waals surface area (Å²) in [5.74, 6) is 0. The zero-order valence-electron chi connectivity index (χ0n) is 5.14. The van der Waals surface area contributed by atoms with E-state index in [1.54, 1.807) is 0 Å². The lowest BCUT2D eigenvalue weighted by Crippen LogP contribution is -2.17. The fourth-order valence-electron chi connectivity index (χ4n) is 1.36. The van der Waals surface area contributed by atoms with Gasteiger partial charge in [0.05, 0.1) is 0 Å². The van der Waals surface area contributed by atoms with Crippen molar-refractivity contribution in [2.75, 3.05) is 6.54 Å². The predicted molar refractivity (Wildman–Crippen MR) is 33.3 cm³/mol. The van der Waals surface area contributed by atoms with Gasteiger partial charge in [0.1, 0.15) is 0 Å². The first-order chi connectivity index (χ1) is 3.97. The van der Waals surface area contributed by atoms with E-state index in [0.29, 0.717) is 0 Å². The van der Waals surface area contributed by atoms with Crippen LogP contribution in [0.4, 0.5) is 0 Å². The Labute approximate surface area is 50.7 Å². The molecule has 0 aromatic heterocycles. The SMILES string of the molecule is [CH]1CCCN1C1CC1. The minimum atomic E-state index is 0.970. The molecule has 0 atom stereocenters. The van der Waals surface area contributed by atoms with Crippen LogP contribution in [0.15, 0.2) is 0 Å². The molecule has 0 aromatic carbocycles. The normalized spacial score (nSPS) is 31.5. The van der Waals surface area contributed by atoms with Gasteiger partial charge in [-0.3, -0.25) is 4.90 Å². The van der Waals surface area contributed by atoms with E-state index in [1.165, 1.54) is 32.2 Å². The van der Waals surface area contributed by atoms with E-state index in [9.17, 15) is 0 Å². The molecule has 1 aliphatic carbocycles. The maximum absolute atomic E-state index is 2.51. The average Bonchev–Trinajstić information content (AvgIpc) is 2.49. The van der Waals surface area contributed by atoms with E-state index in [-0.39, 0.29) is 0 Å². The van der Waals surface area contributed by atoms with Gasteiger partial charge < -0.3 is 0 Å². The third-order valence-electron chi connectivity index (χ3n) is 2.00. The Balaban J connectivity index is 1.86. The zero-order valence-corrected chi connectivity index (χ0v) is 5.14. The van der Waals surface area contributed by atoms with Crippen molar-refractivity contribution in [1.82, 2.24) is 4.90 Å². The molecule has 1 nitrogen and oxygen atoms in total. The lowest BCUT2D eigenvalue weighted by Gasteiger charge is -2.10. The summed E-state index contributed by atoms with van der Waals surface area (Å²) in [6, 6.07) is 0.970. The first kappa shape index (κ1) is 4.80. The molecule has 0 aromatic rings.